The van der Waals surface area contributed by atoms with E-state index in [0.29, 0.717) is 12.5 Å². The van der Waals surface area contributed by atoms with E-state index >= 15 is 0 Å². The predicted octanol–water partition coefficient (Wildman–Crippen LogP) is 0.117. The number of aromatic nitrogens is 3. The van der Waals surface area contributed by atoms with Crippen molar-refractivity contribution in [1.82, 2.24) is 14.8 Å². The molecule has 1 aromatic heterocycles. The standard InChI is InChI=1S/C8H16N4O/c1-6(2)3-7(4-9)12-5-10-11-8(12)13/h5-7H,3-4,9H2,1-2H3,(H,11,13). The minimum atomic E-state index is -0.184. The molecule has 74 valence electrons. The van der Waals surface area contributed by atoms with Crippen LogP contribution < -0.4 is 11.4 Å². The lowest BCUT2D eigenvalue weighted by atomic mass is 10.0. The molecule has 3 N–H and O–H groups in total. The van der Waals surface area contributed by atoms with Crippen LogP contribution in [0.5, 0.6) is 0 Å². The molecule has 1 rings (SSSR count). The fraction of sp³-hybridized carbons (Fsp3) is 0.750. The van der Waals surface area contributed by atoms with E-state index in [2.05, 4.69) is 24.0 Å². The highest BCUT2D eigenvalue weighted by Crippen LogP contribution is 2.13. The Morgan fingerprint density at radius 1 is 1.69 bits per heavy atom. The SMILES string of the molecule is CC(C)CC(CN)n1cn[nH]c1=O. The van der Waals surface area contributed by atoms with E-state index in [1.54, 1.807) is 4.57 Å². The Morgan fingerprint density at radius 3 is 2.77 bits per heavy atom. The first kappa shape index (κ1) is 9.98. The number of nitrogens with one attached hydrogen (secondary N) is 1. The topological polar surface area (TPSA) is 76.7 Å². The fourth-order valence-corrected chi connectivity index (χ4v) is 1.38. The number of hydrogen-bond donors (Lipinski definition) is 2. The molecule has 0 saturated heterocycles. The second-order valence-electron chi connectivity index (χ2n) is 3.59. The molecule has 0 aliphatic heterocycles. The first-order valence-corrected chi connectivity index (χ1v) is 4.46. The summed E-state index contributed by atoms with van der Waals surface area (Å²) in [7, 11) is 0. The van der Waals surface area contributed by atoms with Crippen LogP contribution in [0.3, 0.4) is 0 Å². The lowest BCUT2D eigenvalue weighted by Gasteiger charge is -2.16. The Hall–Kier alpha value is -1.10. The van der Waals surface area contributed by atoms with E-state index in [-0.39, 0.29) is 11.7 Å². The normalized spacial score (nSPS) is 13.5. The average Bonchev–Trinajstić information content (AvgIpc) is 2.47. The van der Waals surface area contributed by atoms with E-state index in [0.717, 1.165) is 6.42 Å². The summed E-state index contributed by atoms with van der Waals surface area (Å²) in [6.07, 6.45) is 2.40. The quantitative estimate of drug-likeness (QED) is 0.697. The van der Waals surface area contributed by atoms with Crippen LogP contribution in [0.1, 0.15) is 26.3 Å². The second kappa shape index (κ2) is 4.23. The molecule has 0 aromatic carbocycles. The van der Waals surface area contributed by atoms with Crippen LogP contribution in [-0.4, -0.2) is 21.3 Å². The molecule has 0 radical (unpaired) electrons. The van der Waals surface area contributed by atoms with E-state index in [4.69, 9.17) is 5.73 Å². The highest BCUT2D eigenvalue weighted by Gasteiger charge is 2.12. The molecule has 0 spiro atoms. The smallest absolute Gasteiger partial charge is 0.328 e. The third-order valence-corrected chi connectivity index (χ3v) is 1.99. The number of hydrogen-bond acceptors (Lipinski definition) is 3. The molecule has 0 saturated carbocycles. The Balaban J connectivity index is 2.78. The summed E-state index contributed by atoms with van der Waals surface area (Å²) >= 11 is 0. The molecule has 1 atom stereocenters. The molecule has 5 heteroatoms. The van der Waals surface area contributed by atoms with Crippen LogP contribution in [0.4, 0.5) is 0 Å². The Morgan fingerprint density at radius 2 is 2.38 bits per heavy atom. The van der Waals surface area contributed by atoms with Crippen LogP contribution >= 0.6 is 0 Å². The van der Waals surface area contributed by atoms with Gasteiger partial charge in [0.15, 0.2) is 0 Å². The highest BCUT2D eigenvalue weighted by atomic mass is 16.1. The summed E-state index contributed by atoms with van der Waals surface area (Å²) in [6, 6.07) is 0.0613. The maximum Gasteiger partial charge on any atom is 0.343 e. The Kier molecular flexibility index (Phi) is 3.25. The van der Waals surface area contributed by atoms with E-state index in [1.165, 1.54) is 6.33 Å². The third kappa shape index (κ3) is 2.42. The lowest BCUT2D eigenvalue weighted by molar-refractivity contribution is 0.399. The van der Waals surface area contributed by atoms with Gasteiger partial charge in [0.05, 0.1) is 6.04 Å². The first-order chi connectivity index (χ1) is 6.15. The molecule has 0 amide bonds. The van der Waals surface area contributed by atoms with Crippen molar-refractivity contribution in [3.63, 3.8) is 0 Å². The summed E-state index contributed by atoms with van der Waals surface area (Å²) < 4.78 is 1.56. The van der Waals surface area contributed by atoms with Gasteiger partial charge in [-0.25, -0.2) is 9.89 Å². The summed E-state index contributed by atoms with van der Waals surface area (Å²) in [4.78, 5) is 11.2. The fourth-order valence-electron chi connectivity index (χ4n) is 1.38. The summed E-state index contributed by atoms with van der Waals surface area (Å²) in [5.74, 6) is 0.523. The largest absolute Gasteiger partial charge is 0.343 e. The molecule has 1 unspecified atom stereocenters. The molecule has 13 heavy (non-hydrogen) atoms. The monoisotopic (exact) mass is 184 g/mol. The van der Waals surface area contributed by atoms with Gasteiger partial charge < -0.3 is 5.73 Å². The van der Waals surface area contributed by atoms with Crippen molar-refractivity contribution in [3.8, 4) is 0 Å². The molecule has 1 aromatic rings. The molecule has 0 bridgehead atoms. The zero-order valence-electron chi connectivity index (χ0n) is 8.03. The summed E-state index contributed by atoms with van der Waals surface area (Å²) in [5.41, 5.74) is 5.40. The van der Waals surface area contributed by atoms with E-state index < -0.39 is 0 Å². The number of H-pyrrole nitrogens is 1. The molecule has 0 aliphatic rings. The van der Waals surface area contributed by atoms with Gasteiger partial charge in [-0.1, -0.05) is 13.8 Å². The molecule has 0 aliphatic carbocycles. The van der Waals surface area contributed by atoms with Crippen LogP contribution in [-0.2, 0) is 0 Å². The molecule has 1 heterocycles. The van der Waals surface area contributed by atoms with Crippen molar-refractivity contribution in [2.75, 3.05) is 6.54 Å². The Labute approximate surface area is 76.9 Å². The maximum absolute atomic E-state index is 11.2. The van der Waals surface area contributed by atoms with Gasteiger partial charge in [0.25, 0.3) is 0 Å². The Bertz CT molecular complexity index is 301. The lowest BCUT2D eigenvalue weighted by Crippen LogP contribution is -2.28. The molecular weight excluding hydrogens is 168 g/mol. The minimum absolute atomic E-state index is 0.0613. The van der Waals surface area contributed by atoms with Crippen molar-refractivity contribution < 1.29 is 0 Å². The minimum Gasteiger partial charge on any atom is -0.328 e. The van der Waals surface area contributed by atoms with Gasteiger partial charge in [-0.15, -0.1) is 0 Å². The number of nitrogens with zero attached hydrogens (tertiary/aromatic N) is 2. The van der Waals surface area contributed by atoms with E-state index in [1.807, 2.05) is 0 Å². The van der Waals surface area contributed by atoms with Gasteiger partial charge in [0.2, 0.25) is 0 Å². The van der Waals surface area contributed by atoms with Crippen LogP contribution in [0.25, 0.3) is 0 Å². The van der Waals surface area contributed by atoms with Crippen molar-refractivity contribution in [3.05, 3.63) is 16.8 Å². The van der Waals surface area contributed by atoms with E-state index in [9.17, 15) is 4.79 Å². The summed E-state index contributed by atoms with van der Waals surface area (Å²) in [5, 5.41) is 6.03. The average molecular weight is 184 g/mol. The van der Waals surface area contributed by atoms with Gasteiger partial charge in [-0.05, 0) is 12.3 Å². The van der Waals surface area contributed by atoms with Gasteiger partial charge >= 0.3 is 5.69 Å². The highest BCUT2D eigenvalue weighted by molar-refractivity contribution is 4.75. The third-order valence-electron chi connectivity index (χ3n) is 1.99. The molecule has 5 nitrogen and oxygen atoms in total. The van der Waals surface area contributed by atoms with Gasteiger partial charge in [-0.2, -0.15) is 5.10 Å². The predicted molar refractivity (Wildman–Crippen MR) is 50.4 cm³/mol. The van der Waals surface area contributed by atoms with Crippen molar-refractivity contribution >= 4 is 0 Å². The van der Waals surface area contributed by atoms with Gasteiger partial charge in [0, 0.05) is 6.54 Å². The molecule has 0 fully saturated rings. The van der Waals surface area contributed by atoms with Crippen molar-refractivity contribution in [1.29, 1.82) is 0 Å². The zero-order valence-corrected chi connectivity index (χ0v) is 8.03. The number of nitrogens with two attached hydrogens (primary N) is 1. The van der Waals surface area contributed by atoms with Crippen LogP contribution in [0, 0.1) is 5.92 Å². The molecular formula is C8H16N4O. The van der Waals surface area contributed by atoms with Crippen LogP contribution in [0.15, 0.2) is 11.1 Å². The maximum atomic E-state index is 11.2. The number of aromatic amines is 1. The first-order valence-electron chi connectivity index (χ1n) is 4.46. The number of rotatable bonds is 4. The van der Waals surface area contributed by atoms with Gasteiger partial charge in [-0.3, -0.25) is 4.57 Å². The van der Waals surface area contributed by atoms with Crippen molar-refractivity contribution in [2.24, 2.45) is 11.7 Å². The van der Waals surface area contributed by atoms with Crippen LogP contribution in [0.2, 0.25) is 0 Å². The van der Waals surface area contributed by atoms with Gasteiger partial charge in [0.1, 0.15) is 6.33 Å². The summed E-state index contributed by atoms with van der Waals surface area (Å²) in [6.45, 7) is 4.68. The zero-order chi connectivity index (χ0) is 9.84. The van der Waals surface area contributed by atoms with Crippen molar-refractivity contribution in [2.45, 2.75) is 26.3 Å². The second-order valence-corrected chi connectivity index (χ2v) is 3.59.